The molecular formula is C16H14N2O4S. The third-order valence-corrected chi connectivity index (χ3v) is 4.22. The van der Waals surface area contributed by atoms with Crippen molar-refractivity contribution in [1.82, 2.24) is 0 Å². The molecule has 118 valence electrons. The van der Waals surface area contributed by atoms with Gasteiger partial charge in [0.15, 0.2) is 0 Å². The number of Topliss-reactive ketones (excluding diaryl/α,β-unsaturated/α-hetero) is 1. The summed E-state index contributed by atoms with van der Waals surface area (Å²) in [6, 6.07) is 12.3. The molecule has 1 aliphatic carbocycles. The molecule has 1 aliphatic rings. The summed E-state index contributed by atoms with van der Waals surface area (Å²) >= 11 is 0. The molecule has 0 aromatic heterocycles. The molecule has 2 N–H and O–H groups in total. The molecule has 0 radical (unpaired) electrons. The topological polar surface area (TPSA) is 95.8 Å². The average molecular weight is 330 g/mol. The van der Waals surface area contributed by atoms with Crippen molar-refractivity contribution in [1.29, 1.82) is 0 Å². The molecule has 3 rings (SSSR count). The van der Waals surface area contributed by atoms with Crippen LogP contribution in [0.3, 0.4) is 0 Å². The largest absolute Gasteiger partial charge is 0.411 e. The van der Waals surface area contributed by atoms with E-state index in [-0.39, 0.29) is 11.5 Å². The molecule has 0 atom stereocenters. The first-order valence-corrected chi connectivity index (χ1v) is 8.73. The van der Waals surface area contributed by atoms with Gasteiger partial charge in [-0.15, -0.1) is 0 Å². The van der Waals surface area contributed by atoms with Crippen LogP contribution in [0.25, 0.3) is 11.1 Å². The summed E-state index contributed by atoms with van der Waals surface area (Å²) in [5, 5.41) is 11.9. The minimum Gasteiger partial charge on any atom is -0.411 e. The highest BCUT2D eigenvalue weighted by atomic mass is 32.2. The van der Waals surface area contributed by atoms with Crippen LogP contribution >= 0.6 is 0 Å². The second kappa shape index (κ2) is 5.51. The number of hydrogen-bond acceptors (Lipinski definition) is 5. The Hall–Kier alpha value is -2.67. The zero-order chi connectivity index (χ0) is 16.6. The van der Waals surface area contributed by atoms with Gasteiger partial charge in [0, 0.05) is 17.7 Å². The number of nitrogens with zero attached hydrogens (tertiary/aromatic N) is 1. The van der Waals surface area contributed by atoms with Crippen LogP contribution in [-0.2, 0) is 16.4 Å². The third-order valence-electron chi connectivity index (χ3n) is 3.62. The number of ketones is 1. The lowest BCUT2D eigenvalue weighted by atomic mass is 10.0. The van der Waals surface area contributed by atoms with E-state index in [0.717, 1.165) is 22.9 Å². The lowest BCUT2D eigenvalue weighted by molar-refractivity contribution is 0.106. The summed E-state index contributed by atoms with van der Waals surface area (Å²) in [5.74, 6) is -0.264. The highest BCUT2D eigenvalue weighted by Gasteiger charge is 2.27. The molecule has 0 saturated heterocycles. The van der Waals surface area contributed by atoms with Crippen molar-refractivity contribution in [2.75, 3.05) is 11.0 Å². The summed E-state index contributed by atoms with van der Waals surface area (Å²) in [7, 11) is -3.31. The van der Waals surface area contributed by atoms with Gasteiger partial charge in [0.1, 0.15) is 5.71 Å². The van der Waals surface area contributed by atoms with E-state index in [1.165, 1.54) is 0 Å². The Morgan fingerprint density at radius 2 is 1.74 bits per heavy atom. The fourth-order valence-electron chi connectivity index (χ4n) is 2.56. The van der Waals surface area contributed by atoms with Crippen molar-refractivity contribution in [2.24, 2.45) is 5.16 Å². The maximum atomic E-state index is 12.1. The third kappa shape index (κ3) is 3.09. The van der Waals surface area contributed by atoms with Gasteiger partial charge in [0.25, 0.3) is 0 Å². The van der Waals surface area contributed by atoms with Crippen molar-refractivity contribution >= 4 is 27.2 Å². The molecule has 23 heavy (non-hydrogen) atoms. The van der Waals surface area contributed by atoms with E-state index in [1.54, 1.807) is 30.3 Å². The molecular weight excluding hydrogens is 316 g/mol. The van der Waals surface area contributed by atoms with Crippen molar-refractivity contribution in [3.05, 3.63) is 53.6 Å². The molecule has 0 saturated carbocycles. The molecule has 2 aromatic rings. The van der Waals surface area contributed by atoms with Gasteiger partial charge >= 0.3 is 0 Å². The van der Waals surface area contributed by atoms with Gasteiger partial charge in [-0.25, -0.2) is 8.42 Å². The Labute approximate surface area is 133 Å². The van der Waals surface area contributed by atoms with Gasteiger partial charge < -0.3 is 5.21 Å². The minimum atomic E-state index is -3.31. The van der Waals surface area contributed by atoms with Crippen LogP contribution in [0.1, 0.15) is 15.9 Å². The predicted octanol–water partition coefficient (Wildman–Crippen LogP) is 2.29. The summed E-state index contributed by atoms with van der Waals surface area (Å²) in [6.07, 6.45) is 1.43. The van der Waals surface area contributed by atoms with Gasteiger partial charge in [-0.2, -0.15) is 0 Å². The number of benzene rings is 2. The van der Waals surface area contributed by atoms with Crippen molar-refractivity contribution < 1.29 is 18.4 Å². The highest BCUT2D eigenvalue weighted by Crippen LogP contribution is 2.28. The lowest BCUT2D eigenvalue weighted by Gasteiger charge is -2.07. The van der Waals surface area contributed by atoms with E-state index in [9.17, 15) is 13.2 Å². The number of sulfonamides is 1. The molecule has 2 aromatic carbocycles. The van der Waals surface area contributed by atoms with Gasteiger partial charge in [-0.3, -0.25) is 9.52 Å². The summed E-state index contributed by atoms with van der Waals surface area (Å²) < 4.78 is 24.8. The monoisotopic (exact) mass is 330 g/mol. The number of rotatable bonds is 3. The fraction of sp³-hybridized carbons (Fsp3) is 0.125. The smallest absolute Gasteiger partial charge is 0.229 e. The zero-order valence-corrected chi connectivity index (χ0v) is 13.1. The Morgan fingerprint density at radius 1 is 1.09 bits per heavy atom. The average Bonchev–Trinajstić information content (AvgIpc) is 2.82. The number of oxime groups is 1. The number of carbonyl (C=O) groups excluding carboxylic acids is 1. The molecule has 7 heteroatoms. The molecule has 0 aliphatic heterocycles. The van der Waals surface area contributed by atoms with E-state index in [0.29, 0.717) is 17.7 Å². The van der Waals surface area contributed by atoms with E-state index in [4.69, 9.17) is 5.21 Å². The molecule has 0 amide bonds. The molecule has 0 unspecified atom stereocenters. The summed E-state index contributed by atoms with van der Waals surface area (Å²) in [5.41, 5.74) is 3.68. The number of fused-ring (bicyclic) bond motifs is 1. The normalized spacial score (nSPS) is 15.7. The quantitative estimate of drug-likeness (QED) is 0.666. The number of hydrogen-bond donors (Lipinski definition) is 2. The van der Waals surface area contributed by atoms with Crippen LogP contribution in [-0.4, -0.2) is 31.4 Å². The van der Waals surface area contributed by atoms with E-state index in [2.05, 4.69) is 9.88 Å². The lowest BCUT2D eigenvalue weighted by Crippen LogP contribution is -2.09. The standard InChI is InChI=1S/C16H14N2O4S/c1-23(21,22)18-13-6-4-10(5-7-13)11-2-3-12-9-15(17-20)16(19)14(12)8-11/h2-8,18,20H,9H2,1H3/b17-15-. The van der Waals surface area contributed by atoms with Crippen LogP contribution in [0, 0.1) is 0 Å². The summed E-state index contributed by atoms with van der Waals surface area (Å²) in [4.78, 5) is 12.1. The van der Waals surface area contributed by atoms with Gasteiger partial charge in [0.05, 0.1) is 6.26 Å². The van der Waals surface area contributed by atoms with Gasteiger partial charge in [-0.1, -0.05) is 29.4 Å². The van der Waals surface area contributed by atoms with Gasteiger partial charge in [-0.05, 0) is 34.9 Å². The van der Waals surface area contributed by atoms with Crippen molar-refractivity contribution in [3.8, 4) is 11.1 Å². The van der Waals surface area contributed by atoms with Crippen molar-refractivity contribution in [2.45, 2.75) is 6.42 Å². The number of nitrogens with one attached hydrogen (secondary N) is 1. The van der Waals surface area contributed by atoms with E-state index >= 15 is 0 Å². The Bertz CT molecular complexity index is 916. The molecule has 6 nitrogen and oxygen atoms in total. The summed E-state index contributed by atoms with van der Waals surface area (Å²) in [6.45, 7) is 0. The van der Waals surface area contributed by atoms with Crippen LogP contribution in [0.4, 0.5) is 5.69 Å². The van der Waals surface area contributed by atoms with Crippen LogP contribution < -0.4 is 4.72 Å². The van der Waals surface area contributed by atoms with Crippen LogP contribution in [0.5, 0.6) is 0 Å². The Morgan fingerprint density at radius 3 is 2.35 bits per heavy atom. The first-order valence-electron chi connectivity index (χ1n) is 6.84. The fourth-order valence-corrected chi connectivity index (χ4v) is 3.13. The van der Waals surface area contributed by atoms with E-state index < -0.39 is 10.0 Å². The SMILES string of the molecule is CS(=O)(=O)Nc1ccc(-c2ccc3c(c2)C(=O)/C(=N\O)C3)cc1. The van der Waals surface area contributed by atoms with Crippen molar-refractivity contribution in [3.63, 3.8) is 0 Å². The maximum absolute atomic E-state index is 12.1. The second-order valence-corrected chi connectivity index (χ2v) is 7.12. The first-order chi connectivity index (χ1) is 10.9. The van der Waals surface area contributed by atoms with E-state index in [1.807, 2.05) is 12.1 Å². The predicted molar refractivity (Wildman–Crippen MR) is 87.6 cm³/mol. The Balaban J connectivity index is 1.92. The Kier molecular flexibility index (Phi) is 3.65. The zero-order valence-electron chi connectivity index (χ0n) is 12.3. The molecule has 0 heterocycles. The van der Waals surface area contributed by atoms with Gasteiger partial charge in [0.2, 0.25) is 15.8 Å². The number of carbonyl (C=O) groups is 1. The number of anilines is 1. The molecule has 0 spiro atoms. The molecule has 0 bridgehead atoms. The van der Waals surface area contributed by atoms with Crippen LogP contribution in [0.15, 0.2) is 47.6 Å². The molecule has 0 fully saturated rings. The second-order valence-electron chi connectivity index (χ2n) is 5.38. The maximum Gasteiger partial charge on any atom is 0.229 e. The minimum absolute atomic E-state index is 0.143. The highest BCUT2D eigenvalue weighted by molar-refractivity contribution is 7.92. The van der Waals surface area contributed by atoms with Crippen LogP contribution in [0.2, 0.25) is 0 Å². The first kappa shape index (κ1) is 15.2.